The van der Waals surface area contributed by atoms with Crippen molar-refractivity contribution in [3.8, 4) is 28.8 Å². The van der Waals surface area contributed by atoms with Gasteiger partial charge in [-0.05, 0) is 24.3 Å². The van der Waals surface area contributed by atoms with E-state index in [4.69, 9.17) is 14.7 Å². The normalized spacial score (nSPS) is 10.9. The second-order valence-corrected chi connectivity index (χ2v) is 4.30. The Hall–Kier alpha value is -2.75. The summed E-state index contributed by atoms with van der Waals surface area (Å²) >= 11 is 0. The van der Waals surface area contributed by atoms with E-state index >= 15 is 0 Å². The Morgan fingerprint density at radius 3 is 2.09 bits per heavy atom. The fourth-order valence-corrected chi connectivity index (χ4v) is 1.87. The summed E-state index contributed by atoms with van der Waals surface area (Å²) in [6, 6.07) is 8.26. The third-order valence-corrected chi connectivity index (χ3v) is 2.93. The predicted molar refractivity (Wildman–Crippen MR) is 72.5 cm³/mol. The SMILES string of the molecule is COc1cc(OC)cc(-c2nc(C(F)(F)F)ccc2C#N)c1. The molecule has 0 unspecified atom stereocenters. The molecule has 7 heteroatoms. The summed E-state index contributed by atoms with van der Waals surface area (Å²) in [5.41, 5.74) is -0.806. The molecule has 0 spiro atoms. The molecule has 0 saturated heterocycles. The fourth-order valence-electron chi connectivity index (χ4n) is 1.87. The van der Waals surface area contributed by atoms with Gasteiger partial charge in [-0.1, -0.05) is 0 Å². The first-order chi connectivity index (χ1) is 10.4. The molecule has 0 aliphatic rings. The Bertz CT molecular complexity index is 714. The van der Waals surface area contributed by atoms with E-state index in [2.05, 4.69) is 4.98 Å². The Morgan fingerprint density at radius 1 is 1.05 bits per heavy atom. The first kappa shape index (κ1) is 15.6. The predicted octanol–water partition coefficient (Wildman–Crippen LogP) is 3.66. The van der Waals surface area contributed by atoms with Crippen molar-refractivity contribution < 1.29 is 22.6 Å². The van der Waals surface area contributed by atoms with Gasteiger partial charge in [0.1, 0.15) is 23.3 Å². The lowest BCUT2D eigenvalue weighted by molar-refractivity contribution is -0.141. The second-order valence-electron chi connectivity index (χ2n) is 4.30. The van der Waals surface area contributed by atoms with Gasteiger partial charge in [0.05, 0.1) is 25.5 Å². The maximum absolute atomic E-state index is 12.8. The van der Waals surface area contributed by atoms with Crippen LogP contribution < -0.4 is 9.47 Å². The minimum Gasteiger partial charge on any atom is -0.497 e. The van der Waals surface area contributed by atoms with E-state index in [9.17, 15) is 13.2 Å². The van der Waals surface area contributed by atoms with Gasteiger partial charge in [-0.3, -0.25) is 0 Å². The average Bonchev–Trinajstić information content (AvgIpc) is 2.52. The number of pyridine rings is 1. The number of alkyl halides is 3. The van der Waals surface area contributed by atoms with Crippen molar-refractivity contribution in [3.05, 3.63) is 41.6 Å². The van der Waals surface area contributed by atoms with Crippen LogP contribution in [0, 0.1) is 11.3 Å². The molecule has 0 atom stereocenters. The third kappa shape index (κ3) is 3.11. The lowest BCUT2D eigenvalue weighted by Gasteiger charge is -2.11. The largest absolute Gasteiger partial charge is 0.497 e. The van der Waals surface area contributed by atoms with E-state index in [0.29, 0.717) is 17.1 Å². The smallest absolute Gasteiger partial charge is 0.433 e. The van der Waals surface area contributed by atoms with E-state index < -0.39 is 11.9 Å². The molecule has 1 aromatic heterocycles. The lowest BCUT2D eigenvalue weighted by Crippen LogP contribution is -2.09. The van der Waals surface area contributed by atoms with Gasteiger partial charge < -0.3 is 9.47 Å². The summed E-state index contributed by atoms with van der Waals surface area (Å²) in [5.74, 6) is 0.773. The molecule has 2 aromatic rings. The molecule has 22 heavy (non-hydrogen) atoms. The van der Waals surface area contributed by atoms with E-state index in [1.807, 2.05) is 6.07 Å². The van der Waals surface area contributed by atoms with Crippen molar-refractivity contribution in [1.82, 2.24) is 4.98 Å². The zero-order valence-electron chi connectivity index (χ0n) is 11.7. The quantitative estimate of drug-likeness (QED) is 0.868. The molecular weight excluding hydrogens is 297 g/mol. The first-order valence-corrected chi connectivity index (χ1v) is 6.11. The summed E-state index contributed by atoms with van der Waals surface area (Å²) in [7, 11) is 2.84. The van der Waals surface area contributed by atoms with Crippen LogP contribution in [0.1, 0.15) is 11.3 Å². The van der Waals surface area contributed by atoms with Gasteiger partial charge in [-0.2, -0.15) is 18.4 Å². The molecule has 1 aromatic carbocycles. The summed E-state index contributed by atoms with van der Waals surface area (Å²) < 4.78 is 48.6. The standard InChI is InChI=1S/C15H11F3N2O2/c1-21-11-5-10(6-12(7-11)22-2)14-9(8-19)3-4-13(20-14)15(16,17)18/h3-7H,1-2H3. The van der Waals surface area contributed by atoms with Crippen molar-refractivity contribution in [3.63, 3.8) is 0 Å². The Morgan fingerprint density at radius 2 is 1.64 bits per heavy atom. The van der Waals surface area contributed by atoms with Crippen LogP contribution in [-0.4, -0.2) is 19.2 Å². The number of hydrogen-bond acceptors (Lipinski definition) is 4. The first-order valence-electron chi connectivity index (χ1n) is 6.11. The lowest BCUT2D eigenvalue weighted by atomic mass is 10.0. The molecule has 0 amide bonds. The molecule has 0 N–H and O–H groups in total. The Balaban J connectivity index is 2.67. The fraction of sp³-hybridized carbons (Fsp3) is 0.200. The highest BCUT2D eigenvalue weighted by Crippen LogP contribution is 2.34. The van der Waals surface area contributed by atoms with Gasteiger partial charge in [-0.15, -0.1) is 0 Å². The van der Waals surface area contributed by atoms with Gasteiger partial charge in [0.15, 0.2) is 0 Å². The average molecular weight is 308 g/mol. The topological polar surface area (TPSA) is 55.1 Å². The molecule has 2 rings (SSSR count). The van der Waals surface area contributed by atoms with Crippen molar-refractivity contribution in [2.45, 2.75) is 6.18 Å². The molecule has 1 heterocycles. The van der Waals surface area contributed by atoms with Crippen LogP contribution >= 0.6 is 0 Å². The summed E-state index contributed by atoms with van der Waals surface area (Å²) in [6.07, 6.45) is -4.59. The number of nitrogens with zero attached hydrogens (tertiary/aromatic N) is 2. The third-order valence-electron chi connectivity index (χ3n) is 2.93. The maximum atomic E-state index is 12.8. The molecule has 4 nitrogen and oxygen atoms in total. The van der Waals surface area contributed by atoms with Crippen LogP contribution in [0.2, 0.25) is 0 Å². The summed E-state index contributed by atoms with van der Waals surface area (Å²) in [5, 5.41) is 9.09. The molecule has 0 fully saturated rings. The minimum absolute atomic E-state index is 0.0308. The molecular formula is C15H11F3N2O2. The Kier molecular flexibility index (Phi) is 4.22. The van der Waals surface area contributed by atoms with Crippen molar-refractivity contribution >= 4 is 0 Å². The maximum Gasteiger partial charge on any atom is 0.433 e. The summed E-state index contributed by atoms with van der Waals surface area (Å²) in [6.45, 7) is 0. The molecule has 0 radical (unpaired) electrons. The minimum atomic E-state index is -4.59. The number of hydrogen-bond donors (Lipinski definition) is 0. The number of halogens is 3. The van der Waals surface area contributed by atoms with Gasteiger partial charge >= 0.3 is 6.18 Å². The number of ether oxygens (including phenoxy) is 2. The number of nitriles is 1. The molecule has 114 valence electrons. The monoisotopic (exact) mass is 308 g/mol. The van der Waals surface area contributed by atoms with Gasteiger partial charge in [0, 0.05) is 11.6 Å². The van der Waals surface area contributed by atoms with Crippen molar-refractivity contribution in [2.24, 2.45) is 0 Å². The highest BCUT2D eigenvalue weighted by atomic mass is 19.4. The molecule has 0 aliphatic heterocycles. The zero-order chi connectivity index (χ0) is 16.3. The molecule has 0 saturated carbocycles. The van der Waals surface area contributed by atoms with Crippen LogP contribution in [-0.2, 0) is 6.18 Å². The van der Waals surface area contributed by atoms with Gasteiger partial charge in [0.25, 0.3) is 0 Å². The van der Waals surface area contributed by atoms with Crippen molar-refractivity contribution in [2.75, 3.05) is 14.2 Å². The Labute approximate surface area is 124 Å². The number of aromatic nitrogens is 1. The highest BCUT2D eigenvalue weighted by Gasteiger charge is 2.33. The van der Waals surface area contributed by atoms with Crippen LogP contribution in [0.3, 0.4) is 0 Å². The van der Waals surface area contributed by atoms with Crippen molar-refractivity contribution in [1.29, 1.82) is 5.26 Å². The van der Waals surface area contributed by atoms with Gasteiger partial charge in [0.2, 0.25) is 0 Å². The molecule has 0 bridgehead atoms. The summed E-state index contributed by atoms with van der Waals surface area (Å²) in [4.78, 5) is 3.58. The molecule has 0 aliphatic carbocycles. The van der Waals surface area contributed by atoms with E-state index in [1.165, 1.54) is 26.4 Å². The number of methoxy groups -OCH3 is 2. The highest BCUT2D eigenvalue weighted by molar-refractivity contribution is 5.69. The zero-order valence-corrected chi connectivity index (χ0v) is 11.7. The van der Waals surface area contributed by atoms with Crippen LogP contribution in [0.4, 0.5) is 13.2 Å². The van der Waals surface area contributed by atoms with E-state index in [-0.39, 0.29) is 11.3 Å². The van der Waals surface area contributed by atoms with Crippen LogP contribution in [0.15, 0.2) is 30.3 Å². The van der Waals surface area contributed by atoms with E-state index in [0.717, 1.165) is 12.1 Å². The van der Waals surface area contributed by atoms with Crippen LogP contribution in [0.25, 0.3) is 11.3 Å². The van der Waals surface area contributed by atoms with Gasteiger partial charge in [-0.25, -0.2) is 4.98 Å². The number of rotatable bonds is 3. The second kappa shape index (κ2) is 5.93. The van der Waals surface area contributed by atoms with E-state index in [1.54, 1.807) is 6.07 Å². The number of benzene rings is 1. The van der Waals surface area contributed by atoms with Crippen LogP contribution in [0.5, 0.6) is 11.5 Å².